The molecule has 6 rings (SSSR count). The van der Waals surface area contributed by atoms with Crippen LogP contribution in [0.2, 0.25) is 0 Å². The number of hydrogen-bond donors (Lipinski definition) is 1. The summed E-state index contributed by atoms with van der Waals surface area (Å²) in [7, 11) is 0. The van der Waals surface area contributed by atoms with Crippen LogP contribution in [-0.4, -0.2) is 19.9 Å². The molecule has 3 heterocycles. The molecule has 0 saturated heterocycles. The van der Waals surface area contributed by atoms with Gasteiger partial charge in [-0.25, -0.2) is 9.97 Å². The Bertz CT molecular complexity index is 1600. The molecule has 0 spiro atoms. The number of aryl methyl sites for hydroxylation is 2. The predicted octanol–water partition coefficient (Wildman–Crippen LogP) is 6.59. The van der Waals surface area contributed by atoms with Gasteiger partial charge in [0.25, 0.3) is 11.2 Å². The minimum absolute atomic E-state index is 0.0357. The van der Waals surface area contributed by atoms with E-state index in [1.54, 1.807) is 23.5 Å². The largest absolute Gasteiger partial charge is 0.306 e. The second-order valence-corrected chi connectivity index (χ2v) is 11.6. The number of nitrogens with one attached hydrogen (secondary N) is 1. The zero-order valence-corrected chi connectivity index (χ0v) is 20.3. The summed E-state index contributed by atoms with van der Waals surface area (Å²) < 4.78 is 1.78. The smallest absolute Gasteiger partial charge is 0.284 e. The molecule has 0 bridgehead atoms. The van der Waals surface area contributed by atoms with Crippen LogP contribution < -0.4 is 5.56 Å². The maximum Gasteiger partial charge on any atom is 0.284 e. The molecule has 10 heteroatoms. The highest BCUT2D eigenvalue weighted by molar-refractivity contribution is 8.01. The number of benzene rings is 2. The van der Waals surface area contributed by atoms with Crippen molar-refractivity contribution >= 4 is 60.6 Å². The van der Waals surface area contributed by atoms with Gasteiger partial charge in [-0.15, -0.1) is 22.7 Å². The summed E-state index contributed by atoms with van der Waals surface area (Å²) in [6.45, 7) is 0. The molecule has 2 aromatic carbocycles. The van der Waals surface area contributed by atoms with E-state index in [4.69, 9.17) is 4.98 Å². The molecule has 34 heavy (non-hydrogen) atoms. The quantitative estimate of drug-likeness (QED) is 0.168. The van der Waals surface area contributed by atoms with E-state index in [-0.39, 0.29) is 11.2 Å². The van der Waals surface area contributed by atoms with Crippen LogP contribution in [0.15, 0.2) is 56.5 Å². The maximum atomic E-state index is 13.0. The lowest BCUT2D eigenvalue weighted by Gasteiger charge is -2.05. The summed E-state index contributed by atoms with van der Waals surface area (Å²) in [6, 6.07) is 12.7. The molecule has 0 amide bonds. The van der Waals surface area contributed by atoms with Crippen molar-refractivity contribution in [1.29, 1.82) is 0 Å². The Hall–Kier alpha value is -3.08. The monoisotopic (exact) mass is 506 g/mol. The highest BCUT2D eigenvalue weighted by Crippen LogP contribution is 2.40. The van der Waals surface area contributed by atoms with Crippen LogP contribution in [-0.2, 0) is 12.8 Å². The summed E-state index contributed by atoms with van der Waals surface area (Å²) in [5, 5.41) is 12.6. The van der Waals surface area contributed by atoms with Crippen molar-refractivity contribution in [1.82, 2.24) is 15.0 Å². The third kappa shape index (κ3) is 3.81. The average molecular weight is 507 g/mol. The molecule has 3 aromatic heterocycles. The van der Waals surface area contributed by atoms with Gasteiger partial charge in [0.15, 0.2) is 4.34 Å². The first kappa shape index (κ1) is 21.5. The number of nitro groups is 1. The van der Waals surface area contributed by atoms with E-state index in [1.807, 2.05) is 24.3 Å². The molecule has 0 fully saturated rings. The highest BCUT2D eigenvalue weighted by Gasteiger charge is 2.22. The highest BCUT2D eigenvalue weighted by atomic mass is 32.2. The first-order valence-electron chi connectivity index (χ1n) is 10.9. The van der Waals surface area contributed by atoms with Crippen LogP contribution in [0.25, 0.3) is 31.8 Å². The minimum atomic E-state index is -0.400. The van der Waals surface area contributed by atoms with Crippen molar-refractivity contribution in [2.45, 2.75) is 41.3 Å². The molecule has 1 aliphatic rings. The second kappa shape index (κ2) is 8.61. The van der Waals surface area contributed by atoms with Crippen molar-refractivity contribution in [3.05, 3.63) is 73.4 Å². The van der Waals surface area contributed by atoms with Gasteiger partial charge in [-0.05, 0) is 55.5 Å². The van der Waals surface area contributed by atoms with Crippen molar-refractivity contribution in [3.63, 3.8) is 0 Å². The number of aromatic nitrogens is 3. The van der Waals surface area contributed by atoms with E-state index in [0.717, 1.165) is 45.8 Å². The molecular formula is C24H18N4O3S3. The van der Waals surface area contributed by atoms with E-state index < -0.39 is 4.92 Å². The summed E-state index contributed by atoms with van der Waals surface area (Å²) >= 11 is 4.35. The van der Waals surface area contributed by atoms with Gasteiger partial charge in [0, 0.05) is 16.5 Å². The lowest BCUT2D eigenvalue weighted by molar-refractivity contribution is -0.387. The zero-order valence-electron chi connectivity index (χ0n) is 17.9. The number of thiophene rings is 1. The Morgan fingerprint density at radius 2 is 1.88 bits per heavy atom. The third-order valence-corrected chi connectivity index (χ3v) is 9.32. The van der Waals surface area contributed by atoms with E-state index in [1.165, 1.54) is 40.5 Å². The molecule has 0 saturated carbocycles. The first-order chi connectivity index (χ1) is 16.6. The second-order valence-electron chi connectivity index (χ2n) is 8.15. The van der Waals surface area contributed by atoms with Crippen LogP contribution in [0.4, 0.5) is 5.69 Å². The number of nitrogens with zero attached hydrogens (tertiary/aromatic N) is 3. The Kier molecular flexibility index (Phi) is 5.43. The average Bonchev–Trinajstić information content (AvgIpc) is 3.32. The van der Waals surface area contributed by atoms with Gasteiger partial charge < -0.3 is 4.98 Å². The zero-order chi connectivity index (χ0) is 23.2. The van der Waals surface area contributed by atoms with Crippen LogP contribution in [0, 0.1) is 10.1 Å². The van der Waals surface area contributed by atoms with Gasteiger partial charge in [0.05, 0.1) is 25.4 Å². The SMILES string of the molecule is O=c1[nH]c(-c2ccc(Sc3nc4ccccc4s3)c([N+](=O)[O-])c2)nc2sc3c(c12)CCCCC3. The topological polar surface area (TPSA) is 102 Å². The molecular weight excluding hydrogens is 488 g/mol. The van der Waals surface area contributed by atoms with Crippen molar-refractivity contribution in [2.24, 2.45) is 0 Å². The Morgan fingerprint density at radius 3 is 2.74 bits per heavy atom. The Balaban J connectivity index is 1.40. The third-order valence-electron chi connectivity index (χ3n) is 5.98. The maximum absolute atomic E-state index is 13.0. The number of para-hydroxylation sites is 1. The van der Waals surface area contributed by atoms with Crippen molar-refractivity contribution < 1.29 is 4.92 Å². The molecule has 0 unspecified atom stereocenters. The first-order valence-corrected chi connectivity index (χ1v) is 13.4. The Morgan fingerprint density at radius 1 is 1.03 bits per heavy atom. The number of H-pyrrole nitrogens is 1. The predicted molar refractivity (Wildman–Crippen MR) is 137 cm³/mol. The number of rotatable bonds is 4. The Labute approximate surface area is 206 Å². The summed E-state index contributed by atoms with van der Waals surface area (Å²) in [5.74, 6) is 0.355. The van der Waals surface area contributed by atoms with Gasteiger partial charge in [-0.1, -0.05) is 30.3 Å². The number of hydrogen-bond acceptors (Lipinski definition) is 8. The van der Waals surface area contributed by atoms with Gasteiger partial charge in [0.2, 0.25) is 0 Å². The summed E-state index contributed by atoms with van der Waals surface area (Å²) in [4.78, 5) is 39.1. The summed E-state index contributed by atoms with van der Waals surface area (Å²) in [5.41, 5.74) is 2.31. The standard InChI is InChI=1S/C24H18N4O3S3/c29-22-20-14-6-2-1-3-8-17(14)32-23(20)27-21(26-22)13-10-11-19(16(12-13)28(30)31)34-24-25-15-7-4-5-9-18(15)33-24/h4-5,7,9-12H,1-3,6,8H2,(H,26,27,29). The molecule has 5 aromatic rings. The fraction of sp³-hybridized carbons (Fsp3) is 0.208. The van der Waals surface area contributed by atoms with Gasteiger partial charge in [-0.2, -0.15) is 0 Å². The van der Waals surface area contributed by atoms with E-state index in [2.05, 4.69) is 9.97 Å². The van der Waals surface area contributed by atoms with Crippen molar-refractivity contribution in [3.8, 4) is 11.4 Å². The molecule has 1 aliphatic carbocycles. The number of fused-ring (bicyclic) bond motifs is 4. The van der Waals surface area contributed by atoms with E-state index in [0.29, 0.717) is 26.5 Å². The molecule has 1 N–H and O–H groups in total. The van der Waals surface area contributed by atoms with Gasteiger partial charge in [0.1, 0.15) is 10.7 Å². The molecule has 170 valence electrons. The van der Waals surface area contributed by atoms with E-state index in [9.17, 15) is 14.9 Å². The fourth-order valence-corrected chi connectivity index (χ4v) is 7.73. The van der Waals surface area contributed by atoms with Crippen LogP contribution in [0.5, 0.6) is 0 Å². The normalized spacial score (nSPS) is 13.8. The fourth-order valence-electron chi connectivity index (χ4n) is 4.36. The lowest BCUT2D eigenvalue weighted by Crippen LogP contribution is -2.10. The molecule has 0 radical (unpaired) electrons. The number of nitro benzene ring substituents is 1. The van der Waals surface area contributed by atoms with Gasteiger partial charge in [-0.3, -0.25) is 14.9 Å². The minimum Gasteiger partial charge on any atom is -0.306 e. The molecule has 0 atom stereocenters. The van der Waals surface area contributed by atoms with Crippen molar-refractivity contribution in [2.75, 3.05) is 0 Å². The molecule has 7 nitrogen and oxygen atoms in total. The van der Waals surface area contributed by atoms with Crippen LogP contribution >= 0.6 is 34.4 Å². The van der Waals surface area contributed by atoms with Crippen LogP contribution in [0.3, 0.4) is 0 Å². The van der Waals surface area contributed by atoms with E-state index >= 15 is 0 Å². The number of aromatic amines is 1. The lowest BCUT2D eigenvalue weighted by atomic mass is 10.1. The number of thiazole rings is 1. The molecule has 0 aliphatic heterocycles. The summed E-state index contributed by atoms with van der Waals surface area (Å²) in [6.07, 6.45) is 5.28. The van der Waals surface area contributed by atoms with Gasteiger partial charge >= 0.3 is 0 Å². The van der Waals surface area contributed by atoms with Crippen LogP contribution in [0.1, 0.15) is 29.7 Å².